The number of carbonyl (C=O) groups is 1. The third-order valence-corrected chi connectivity index (χ3v) is 4.24. The van der Waals surface area contributed by atoms with Gasteiger partial charge in [-0.2, -0.15) is 0 Å². The Bertz CT molecular complexity index is 475. The van der Waals surface area contributed by atoms with Gasteiger partial charge in [0, 0.05) is 29.0 Å². The van der Waals surface area contributed by atoms with Gasteiger partial charge in [-0.3, -0.25) is 4.79 Å². The van der Waals surface area contributed by atoms with Crippen molar-refractivity contribution in [2.24, 2.45) is 5.92 Å². The lowest BCUT2D eigenvalue weighted by Crippen LogP contribution is -2.40. The molecule has 0 radical (unpaired) electrons. The van der Waals surface area contributed by atoms with Crippen molar-refractivity contribution in [2.75, 3.05) is 19.6 Å². The Morgan fingerprint density at radius 3 is 2.80 bits per heavy atom. The normalized spacial score (nSPS) is 16.1. The fraction of sp³-hybridized carbons (Fsp3) is 0.533. The summed E-state index contributed by atoms with van der Waals surface area (Å²) in [6.07, 6.45) is 1.74. The Balaban J connectivity index is 2.07. The number of amides is 1. The van der Waals surface area contributed by atoms with E-state index in [1.54, 1.807) is 17.0 Å². The lowest BCUT2D eigenvalue weighted by Gasteiger charge is -2.29. The van der Waals surface area contributed by atoms with Crippen molar-refractivity contribution in [1.29, 1.82) is 0 Å². The molecule has 1 aliphatic rings. The first-order valence-electron chi connectivity index (χ1n) is 7.05. The molecule has 1 heterocycles. The zero-order valence-corrected chi connectivity index (χ0v) is 13.2. The smallest absolute Gasteiger partial charge is 0.226 e. The molecule has 1 fully saturated rings. The second kappa shape index (κ2) is 7.18. The minimum absolute atomic E-state index is 0.0754. The molecule has 0 spiro atoms. The third kappa shape index (κ3) is 3.79. The van der Waals surface area contributed by atoms with E-state index in [4.69, 9.17) is 0 Å². The molecule has 1 aromatic carbocycles. The maximum Gasteiger partial charge on any atom is 0.226 e. The summed E-state index contributed by atoms with van der Waals surface area (Å²) >= 11 is 3.34. The van der Waals surface area contributed by atoms with Crippen LogP contribution in [0.4, 0.5) is 4.39 Å². The molecule has 2 rings (SSSR count). The van der Waals surface area contributed by atoms with Crippen molar-refractivity contribution >= 4 is 21.8 Å². The first-order chi connectivity index (χ1) is 9.61. The van der Waals surface area contributed by atoms with E-state index in [2.05, 4.69) is 21.2 Å². The molecule has 0 aliphatic carbocycles. The van der Waals surface area contributed by atoms with Crippen LogP contribution in [0.15, 0.2) is 22.7 Å². The van der Waals surface area contributed by atoms with Gasteiger partial charge in [-0.1, -0.05) is 15.9 Å². The summed E-state index contributed by atoms with van der Waals surface area (Å²) in [6, 6.07) is 4.85. The fourth-order valence-corrected chi connectivity index (χ4v) is 2.95. The fourth-order valence-electron chi connectivity index (χ4n) is 2.54. The summed E-state index contributed by atoms with van der Waals surface area (Å²) in [5.41, 5.74) is 0.559. The topological polar surface area (TPSA) is 32.3 Å². The lowest BCUT2D eigenvalue weighted by atomic mass is 9.96. The number of piperidine rings is 1. The molecular formula is C15H20BrFN2O. The molecule has 1 aromatic rings. The number of halogens is 2. The molecular weight excluding hydrogens is 323 g/mol. The van der Waals surface area contributed by atoms with Crippen LogP contribution in [-0.2, 0) is 11.3 Å². The number of rotatable bonds is 4. The first-order valence-corrected chi connectivity index (χ1v) is 7.84. The van der Waals surface area contributed by atoms with Gasteiger partial charge in [0.25, 0.3) is 0 Å². The van der Waals surface area contributed by atoms with E-state index in [1.807, 2.05) is 6.92 Å². The van der Waals surface area contributed by atoms with Crippen molar-refractivity contribution < 1.29 is 9.18 Å². The van der Waals surface area contributed by atoms with E-state index in [1.165, 1.54) is 6.07 Å². The number of carbonyl (C=O) groups excluding carboxylic acids is 1. The Morgan fingerprint density at radius 2 is 2.15 bits per heavy atom. The highest BCUT2D eigenvalue weighted by Crippen LogP contribution is 2.20. The summed E-state index contributed by atoms with van der Waals surface area (Å²) in [5, 5.41) is 3.26. The molecule has 0 bridgehead atoms. The zero-order chi connectivity index (χ0) is 14.5. The molecule has 0 saturated carbocycles. The first kappa shape index (κ1) is 15.4. The van der Waals surface area contributed by atoms with Crippen LogP contribution in [-0.4, -0.2) is 30.4 Å². The van der Waals surface area contributed by atoms with Crippen molar-refractivity contribution in [3.8, 4) is 0 Å². The SMILES string of the molecule is CCN(Cc1cc(Br)ccc1F)C(=O)C1CCNCC1. The number of nitrogens with one attached hydrogen (secondary N) is 1. The van der Waals surface area contributed by atoms with E-state index in [0.717, 1.165) is 30.4 Å². The molecule has 0 unspecified atom stereocenters. The van der Waals surface area contributed by atoms with Crippen molar-refractivity contribution in [3.05, 3.63) is 34.1 Å². The molecule has 1 saturated heterocycles. The van der Waals surface area contributed by atoms with E-state index >= 15 is 0 Å². The average Bonchev–Trinajstić information content (AvgIpc) is 2.48. The van der Waals surface area contributed by atoms with Crippen LogP contribution >= 0.6 is 15.9 Å². The van der Waals surface area contributed by atoms with Crippen LogP contribution in [0.1, 0.15) is 25.3 Å². The van der Waals surface area contributed by atoms with Crippen molar-refractivity contribution in [2.45, 2.75) is 26.3 Å². The maximum atomic E-state index is 13.8. The van der Waals surface area contributed by atoms with Gasteiger partial charge in [-0.25, -0.2) is 4.39 Å². The number of nitrogens with zero attached hydrogens (tertiary/aromatic N) is 1. The van der Waals surface area contributed by atoms with Crippen LogP contribution < -0.4 is 5.32 Å². The van der Waals surface area contributed by atoms with Crippen LogP contribution in [0.2, 0.25) is 0 Å². The van der Waals surface area contributed by atoms with E-state index < -0.39 is 0 Å². The molecule has 5 heteroatoms. The van der Waals surface area contributed by atoms with Crippen LogP contribution in [0, 0.1) is 11.7 Å². The van der Waals surface area contributed by atoms with Gasteiger partial charge in [-0.15, -0.1) is 0 Å². The standard InChI is InChI=1S/C15H20BrFN2O/c1-2-19(15(20)11-5-7-18-8-6-11)10-12-9-13(16)3-4-14(12)17/h3-4,9,11,18H,2,5-8,10H2,1H3. The number of hydrogen-bond acceptors (Lipinski definition) is 2. The largest absolute Gasteiger partial charge is 0.338 e. The monoisotopic (exact) mass is 342 g/mol. The van der Waals surface area contributed by atoms with Crippen molar-refractivity contribution in [3.63, 3.8) is 0 Å². The second-order valence-electron chi connectivity index (χ2n) is 5.11. The molecule has 1 N–H and O–H groups in total. The van der Waals surface area contributed by atoms with Gasteiger partial charge in [-0.05, 0) is 51.1 Å². The van der Waals surface area contributed by atoms with Crippen LogP contribution in [0.3, 0.4) is 0 Å². The van der Waals surface area contributed by atoms with Gasteiger partial charge in [0.05, 0.1) is 0 Å². The molecule has 3 nitrogen and oxygen atoms in total. The van der Waals surface area contributed by atoms with E-state index in [9.17, 15) is 9.18 Å². The Morgan fingerprint density at radius 1 is 1.45 bits per heavy atom. The molecule has 1 amide bonds. The van der Waals surface area contributed by atoms with Crippen molar-refractivity contribution in [1.82, 2.24) is 10.2 Å². The Hall–Kier alpha value is -0.940. The molecule has 110 valence electrons. The predicted octanol–water partition coefficient (Wildman–Crippen LogP) is 2.94. The van der Waals surface area contributed by atoms with Gasteiger partial charge in [0.15, 0.2) is 0 Å². The number of benzene rings is 1. The Labute approximate surface area is 127 Å². The number of hydrogen-bond donors (Lipinski definition) is 1. The summed E-state index contributed by atoms with van der Waals surface area (Å²) in [4.78, 5) is 14.2. The van der Waals surface area contributed by atoms with Gasteiger partial charge in [0.2, 0.25) is 5.91 Å². The molecule has 0 atom stereocenters. The quantitative estimate of drug-likeness (QED) is 0.912. The van der Waals surface area contributed by atoms with Gasteiger partial charge in [0.1, 0.15) is 5.82 Å². The van der Waals surface area contributed by atoms with Crippen LogP contribution in [0.5, 0.6) is 0 Å². The highest BCUT2D eigenvalue weighted by molar-refractivity contribution is 9.10. The summed E-state index contributed by atoms with van der Waals surface area (Å²) in [5.74, 6) is -0.0375. The lowest BCUT2D eigenvalue weighted by molar-refractivity contribution is -0.136. The average molecular weight is 343 g/mol. The molecule has 1 aliphatic heterocycles. The summed E-state index contributed by atoms with van der Waals surface area (Å²) in [6.45, 7) is 4.66. The predicted molar refractivity (Wildman–Crippen MR) is 80.8 cm³/mol. The molecule has 0 aromatic heterocycles. The highest BCUT2D eigenvalue weighted by atomic mass is 79.9. The summed E-state index contributed by atoms with van der Waals surface area (Å²) < 4.78 is 14.6. The van der Waals surface area contributed by atoms with E-state index in [0.29, 0.717) is 18.7 Å². The minimum atomic E-state index is -0.259. The zero-order valence-electron chi connectivity index (χ0n) is 11.7. The minimum Gasteiger partial charge on any atom is -0.338 e. The third-order valence-electron chi connectivity index (χ3n) is 3.75. The van der Waals surface area contributed by atoms with E-state index in [-0.39, 0.29) is 17.6 Å². The maximum absolute atomic E-state index is 13.8. The van der Waals surface area contributed by atoms with Gasteiger partial charge < -0.3 is 10.2 Å². The summed E-state index contributed by atoms with van der Waals surface area (Å²) in [7, 11) is 0. The highest BCUT2D eigenvalue weighted by Gasteiger charge is 2.25. The van der Waals surface area contributed by atoms with Crippen LogP contribution in [0.25, 0.3) is 0 Å². The second-order valence-corrected chi connectivity index (χ2v) is 6.03. The van der Waals surface area contributed by atoms with Gasteiger partial charge >= 0.3 is 0 Å². The molecule has 20 heavy (non-hydrogen) atoms. The Kier molecular flexibility index (Phi) is 5.54.